The molecular weight excluding hydrogens is 386 g/mol. The van der Waals surface area contributed by atoms with E-state index < -0.39 is 0 Å². The van der Waals surface area contributed by atoms with E-state index in [0.29, 0.717) is 41.8 Å². The first-order valence-electron chi connectivity index (χ1n) is 10.7. The molecule has 8 nitrogen and oxygen atoms in total. The minimum atomic E-state index is -0.0752. The summed E-state index contributed by atoms with van der Waals surface area (Å²) in [4.78, 5) is 29.2. The molecule has 8 heteroatoms. The summed E-state index contributed by atoms with van der Waals surface area (Å²) < 4.78 is 16.0. The Bertz CT molecular complexity index is 715. The van der Waals surface area contributed by atoms with Crippen LogP contribution in [0.1, 0.15) is 32.1 Å². The largest absolute Gasteiger partial charge is 0.493 e. The Labute approximate surface area is 178 Å². The zero-order valence-electron chi connectivity index (χ0n) is 18.2. The Morgan fingerprint density at radius 3 is 2.10 bits per heavy atom. The second-order valence-electron chi connectivity index (χ2n) is 7.86. The van der Waals surface area contributed by atoms with E-state index in [4.69, 9.17) is 14.2 Å². The molecular formula is C22H33N3O5. The van der Waals surface area contributed by atoms with Gasteiger partial charge < -0.3 is 24.4 Å². The number of methoxy groups -OCH3 is 3. The van der Waals surface area contributed by atoms with E-state index in [0.717, 1.165) is 39.0 Å². The van der Waals surface area contributed by atoms with Gasteiger partial charge in [0.05, 0.1) is 21.3 Å². The summed E-state index contributed by atoms with van der Waals surface area (Å²) in [7, 11) is 4.62. The Morgan fingerprint density at radius 1 is 0.967 bits per heavy atom. The molecule has 1 heterocycles. The fourth-order valence-electron chi connectivity index (χ4n) is 4.26. The first-order chi connectivity index (χ1) is 14.5. The van der Waals surface area contributed by atoms with Gasteiger partial charge in [-0.1, -0.05) is 12.8 Å². The summed E-state index contributed by atoms with van der Waals surface area (Å²) in [5, 5.41) is 2.90. The number of carbonyl (C=O) groups is 2. The average molecular weight is 420 g/mol. The summed E-state index contributed by atoms with van der Waals surface area (Å²) in [5.41, 5.74) is 0.599. The standard InChI is InChI=1S/C22H33N3O5/c1-28-18-14-17(15-19(29-2)21(18)30-3)23-20(26)8-9-24-10-12-25(13-11-24)22(27)16-6-4-5-7-16/h14-16H,4-13H2,1-3H3,(H,23,26). The second-order valence-corrected chi connectivity index (χ2v) is 7.86. The molecule has 1 saturated heterocycles. The van der Waals surface area contributed by atoms with Gasteiger partial charge in [-0.2, -0.15) is 0 Å². The van der Waals surface area contributed by atoms with Gasteiger partial charge >= 0.3 is 0 Å². The highest BCUT2D eigenvalue weighted by atomic mass is 16.5. The lowest BCUT2D eigenvalue weighted by atomic mass is 10.1. The average Bonchev–Trinajstić information content (AvgIpc) is 3.31. The molecule has 2 aliphatic rings. The van der Waals surface area contributed by atoms with Crippen LogP contribution < -0.4 is 19.5 Å². The quantitative estimate of drug-likeness (QED) is 0.697. The first-order valence-corrected chi connectivity index (χ1v) is 10.7. The smallest absolute Gasteiger partial charge is 0.225 e. The van der Waals surface area contributed by atoms with Gasteiger partial charge in [0.25, 0.3) is 0 Å². The highest BCUT2D eigenvalue weighted by molar-refractivity contribution is 5.91. The predicted molar refractivity (Wildman–Crippen MR) is 114 cm³/mol. The van der Waals surface area contributed by atoms with Crippen molar-refractivity contribution >= 4 is 17.5 Å². The van der Waals surface area contributed by atoms with Gasteiger partial charge in [0, 0.05) is 62.9 Å². The highest BCUT2D eigenvalue weighted by Crippen LogP contribution is 2.39. The van der Waals surface area contributed by atoms with Crippen LogP contribution in [0.15, 0.2) is 12.1 Å². The van der Waals surface area contributed by atoms with Crippen molar-refractivity contribution in [3.05, 3.63) is 12.1 Å². The van der Waals surface area contributed by atoms with E-state index in [1.165, 1.54) is 12.8 Å². The molecule has 0 unspecified atom stereocenters. The van der Waals surface area contributed by atoms with E-state index in [1.807, 2.05) is 4.90 Å². The Kier molecular flexibility index (Phi) is 7.79. The molecule has 3 rings (SSSR count). The van der Waals surface area contributed by atoms with Gasteiger partial charge in [0.1, 0.15) is 0 Å². The van der Waals surface area contributed by atoms with Crippen molar-refractivity contribution in [2.24, 2.45) is 5.92 Å². The van der Waals surface area contributed by atoms with Crippen molar-refractivity contribution in [2.75, 3.05) is 59.4 Å². The molecule has 2 fully saturated rings. The Hall–Kier alpha value is -2.48. The van der Waals surface area contributed by atoms with Crippen molar-refractivity contribution < 1.29 is 23.8 Å². The molecule has 0 spiro atoms. The maximum absolute atomic E-state index is 12.5. The monoisotopic (exact) mass is 419 g/mol. The van der Waals surface area contributed by atoms with Crippen molar-refractivity contribution in [3.63, 3.8) is 0 Å². The summed E-state index contributed by atoms with van der Waals surface area (Å²) in [6, 6.07) is 3.43. The molecule has 1 aromatic rings. The number of amides is 2. The number of nitrogens with one attached hydrogen (secondary N) is 1. The molecule has 1 aliphatic heterocycles. The molecule has 1 N–H and O–H groups in total. The minimum absolute atomic E-state index is 0.0752. The predicted octanol–water partition coefficient (Wildman–Crippen LogP) is 2.38. The van der Waals surface area contributed by atoms with E-state index in [1.54, 1.807) is 33.5 Å². The van der Waals surface area contributed by atoms with Gasteiger partial charge in [-0.25, -0.2) is 0 Å². The molecule has 0 atom stereocenters. The molecule has 30 heavy (non-hydrogen) atoms. The number of ether oxygens (including phenoxy) is 3. The highest BCUT2D eigenvalue weighted by Gasteiger charge is 2.29. The van der Waals surface area contributed by atoms with Crippen LogP contribution >= 0.6 is 0 Å². The Balaban J connectivity index is 1.46. The molecule has 0 aromatic heterocycles. The maximum atomic E-state index is 12.5. The summed E-state index contributed by atoms with van der Waals surface area (Å²) in [5.74, 6) is 1.97. The summed E-state index contributed by atoms with van der Waals surface area (Å²) in [6.07, 6.45) is 4.82. The van der Waals surface area contributed by atoms with Crippen LogP contribution in [0.3, 0.4) is 0 Å². The molecule has 166 valence electrons. The number of hydrogen-bond acceptors (Lipinski definition) is 6. The van der Waals surface area contributed by atoms with Crippen molar-refractivity contribution in [1.29, 1.82) is 0 Å². The summed E-state index contributed by atoms with van der Waals surface area (Å²) in [6.45, 7) is 3.81. The number of nitrogens with zero attached hydrogens (tertiary/aromatic N) is 2. The fraction of sp³-hybridized carbons (Fsp3) is 0.636. The van der Waals surface area contributed by atoms with E-state index in [9.17, 15) is 9.59 Å². The second kappa shape index (κ2) is 10.5. The Morgan fingerprint density at radius 2 is 1.57 bits per heavy atom. The van der Waals surface area contributed by atoms with Crippen LogP contribution in [-0.2, 0) is 9.59 Å². The van der Waals surface area contributed by atoms with Gasteiger partial charge in [-0.3, -0.25) is 14.5 Å². The number of hydrogen-bond donors (Lipinski definition) is 1. The molecule has 1 aliphatic carbocycles. The number of carbonyl (C=O) groups excluding carboxylic acids is 2. The van der Waals surface area contributed by atoms with E-state index >= 15 is 0 Å². The van der Waals surface area contributed by atoms with Crippen molar-refractivity contribution in [2.45, 2.75) is 32.1 Å². The van der Waals surface area contributed by atoms with Crippen LogP contribution in [0.2, 0.25) is 0 Å². The van der Waals surface area contributed by atoms with Crippen LogP contribution in [0.5, 0.6) is 17.2 Å². The van der Waals surface area contributed by atoms with Gasteiger partial charge in [0.2, 0.25) is 17.6 Å². The van der Waals surface area contributed by atoms with Gasteiger partial charge in [-0.15, -0.1) is 0 Å². The van der Waals surface area contributed by atoms with Crippen LogP contribution in [0.4, 0.5) is 5.69 Å². The van der Waals surface area contributed by atoms with E-state index in [2.05, 4.69) is 10.2 Å². The first kappa shape index (κ1) is 22.2. The van der Waals surface area contributed by atoms with Crippen LogP contribution in [0, 0.1) is 5.92 Å². The minimum Gasteiger partial charge on any atom is -0.493 e. The zero-order chi connectivity index (χ0) is 21.5. The lowest BCUT2D eigenvalue weighted by Crippen LogP contribution is -2.50. The lowest BCUT2D eigenvalue weighted by molar-refractivity contribution is -0.137. The summed E-state index contributed by atoms with van der Waals surface area (Å²) >= 11 is 0. The van der Waals surface area contributed by atoms with Crippen LogP contribution in [0.25, 0.3) is 0 Å². The lowest BCUT2D eigenvalue weighted by Gasteiger charge is -2.35. The molecule has 1 saturated carbocycles. The van der Waals surface area contributed by atoms with Crippen molar-refractivity contribution in [3.8, 4) is 17.2 Å². The third-order valence-corrected chi connectivity index (χ3v) is 5.99. The van der Waals surface area contributed by atoms with Crippen LogP contribution in [-0.4, -0.2) is 75.7 Å². The SMILES string of the molecule is COc1cc(NC(=O)CCN2CCN(C(=O)C3CCCC3)CC2)cc(OC)c1OC. The normalized spacial score (nSPS) is 17.6. The zero-order valence-corrected chi connectivity index (χ0v) is 18.2. The molecule has 1 aromatic carbocycles. The van der Waals surface area contributed by atoms with Gasteiger partial charge in [0.15, 0.2) is 11.5 Å². The molecule has 2 amide bonds. The molecule has 0 radical (unpaired) electrons. The number of anilines is 1. The van der Waals surface area contributed by atoms with Gasteiger partial charge in [-0.05, 0) is 12.8 Å². The number of piperazine rings is 1. The maximum Gasteiger partial charge on any atom is 0.225 e. The number of benzene rings is 1. The fourth-order valence-corrected chi connectivity index (χ4v) is 4.26. The third kappa shape index (κ3) is 5.36. The van der Waals surface area contributed by atoms with Crippen molar-refractivity contribution in [1.82, 2.24) is 9.80 Å². The molecule has 0 bridgehead atoms. The third-order valence-electron chi connectivity index (χ3n) is 5.99. The van der Waals surface area contributed by atoms with E-state index in [-0.39, 0.29) is 11.8 Å². The topological polar surface area (TPSA) is 80.3 Å². The number of rotatable bonds is 8.